The Kier molecular flexibility index (Phi) is 4.21. The van der Waals surface area contributed by atoms with E-state index in [0.29, 0.717) is 30.8 Å². The molecule has 1 aromatic carbocycles. The number of Topliss-reactive ketones (excluding diaryl/α,β-unsaturated/α-hetero) is 1. The van der Waals surface area contributed by atoms with Gasteiger partial charge in [-0.3, -0.25) is 9.59 Å². The van der Waals surface area contributed by atoms with E-state index >= 15 is 0 Å². The minimum Gasteiger partial charge on any atom is -0.494 e. The number of hydrogen-bond acceptors (Lipinski definition) is 4. The topological polar surface area (TPSA) is 55.8 Å². The summed E-state index contributed by atoms with van der Waals surface area (Å²) in [5.41, 5.74) is 1.15. The molecule has 0 spiro atoms. The minimum absolute atomic E-state index is 0.142. The number of fused-ring (bicyclic) bond motifs is 1. The van der Waals surface area contributed by atoms with Crippen molar-refractivity contribution in [1.29, 1.82) is 0 Å². The number of rotatable bonds is 3. The van der Waals surface area contributed by atoms with Gasteiger partial charge in [-0.1, -0.05) is 12.1 Å². The summed E-state index contributed by atoms with van der Waals surface area (Å²) in [5.74, 6) is -0.121. The first-order valence-corrected chi connectivity index (χ1v) is 9.10. The largest absolute Gasteiger partial charge is 0.494 e. The summed E-state index contributed by atoms with van der Waals surface area (Å²) in [4.78, 5) is 27.4. The molecular weight excluding hydrogens is 337 g/mol. The molecule has 4 unspecified atom stereocenters. The van der Waals surface area contributed by atoms with Crippen LogP contribution in [-0.2, 0) is 14.3 Å². The normalized spacial score (nSPS) is 30.8. The molecule has 0 aromatic heterocycles. The van der Waals surface area contributed by atoms with E-state index in [2.05, 4.69) is 0 Å². The fraction of sp³-hybridized carbons (Fsp3) is 0.500. The zero-order chi connectivity index (χ0) is 18.4. The van der Waals surface area contributed by atoms with Gasteiger partial charge in [-0.2, -0.15) is 0 Å². The number of carbonyl (C=O) groups is 2. The molecule has 1 saturated carbocycles. The Bertz CT molecular complexity index is 790. The molecule has 0 N–H and O–H groups in total. The minimum atomic E-state index is -0.986. The van der Waals surface area contributed by atoms with Crippen LogP contribution in [0.25, 0.3) is 0 Å². The average Bonchev–Trinajstić information content (AvgIpc) is 2.88. The second-order valence-electron chi connectivity index (χ2n) is 7.10. The van der Waals surface area contributed by atoms with Crippen molar-refractivity contribution in [3.63, 3.8) is 0 Å². The fourth-order valence-corrected chi connectivity index (χ4v) is 4.26. The van der Waals surface area contributed by atoms with E-state index in [4.69, 9.17) is 9.47 Å². The van der Waals surface area contributed by atoms with Crippen molar-refractivity contribution < 1.29 is 23.5 Å². The Morgan fingerprint density at radius 3 is 2.88 bits per heavy atom. The lowest BCUT2D eigenvalue weighted by atomic mass is 9.77. The highest BCUT2D eigenvalue weighted by Crippen LogP contribution is 2.46. The van der Waals surface area contributed by atoms with Crippen LogP contribution in [0.1, 0.15) is 37.8 Å². The molecule has 1 aliphatic carbocycles. The third-order valence-electron chi connectivity index (χ3n) is 5.50. The van der Waals surface area contributed by atoms with Crippen LogP contribution in [0.4, 0.5) is 4.39 Å². The third kappa shape index (κ3) is 2.59. The van der Waals surface area contributed by atoms with E-state index < -0.39 is 18.1 Å². The van der Waals surface area contributed by atoms with E-state index in [1.165, 1.54) is 4.90 Å². The predicted octanol–water partition coefficient (Wildman–Crippen LogP) is 2.96. The number of ketones is 1. The number of halogens is 1. The van der Waals surface area contributed by atoms with Crippen LogP contribution in [0.5, 0.6) is 5.75 Å². The lowest BCUT2D eigenvalue weighted by Gasteiger charge is -2.36. The molecule has 1 aromatic rings. The molecule has 4 rings (SSSR count). The lowest BCUT2D eigenvalue weighted by Crippen LogP contribution is -2.42. The van der Waals surface area contributed by atoms with Crippen molar-refractivity contribution in [3.05, 3.63) is 41.2 Å². The van der Waals surface area contributed by atoms with Crippen molar-refractivity contribution in [2.75, 3.05) is 13.7 Å². The Labute approximate surface area is 151 Å². The van der Waals surface area contributed by atoms with E-state index in [1.54, 1.807) is 7.05 Å². The molecule has 0 bridgehead atoms. The highest BCUT2D eigenvalue weighted by molar-refractivity contribution is 6.11. The Morgan fingerprint density at radius 2 is 2.12 bits per heavy atom. The number of nitrogens with zero attached hydrogens (tertiary/aromatic N) is 1. The predicted molar refractivity (Wildman–Crippen MR) is 92.3 cm³/mol. The zero-order valence-corrected chi connectivity index (χ0v) is 14.9. The summed E-state index contributed by atoms with van der Waals surface area (Å²) in [6.45, 7) is 2.42. The number of ether oxygens (including phenoxy) is 2. The van der Waals surface area contributed by atoms with Crippen LogP contribution >= 0.6 is 0 Å². The van der Waals surface area contributed by atoms with Crippen molar-refractivity contribution in [1.82, 2.24) is 4.90 Å². The summed E-state index contributed by atoms with van der Waals surface area (Å²) in [5, 5.41) is 0. The maximum atomic E-state index is 13.9. The second-order valence-corrected chi connectivity index (χ2v) is 7.10. The average molecular weight is 359 g/mol. The molecule has 0 radical (unpaired) electrons. The van der Waals surface area contributed by atoms with Gasteiger partial charge >= 0.3 is 0 Å². The molecule has 2 heterocycles. The lowest BCUT2D eigenvalue weighted by molar-refractivity contribution is -0.135. The highest BCUT2D eigenvalue weighted by Gasteiger charge is 2.52. The van der Waals surface area contributed by atoms with Crippen LogP contribution in [-0.4, -0.2) is 42.5 Å². The molecular formula is C20H22FNO4. The van der Waals surface area contributed by atoms with Crippen molar-refractivity contribution in [3.8, 4) is 5.75 Å². The molecule has 3 aliphatic rings. The smallest absolute Gasteiger partial charge is 0.289 e. The van der Waals surface area contributed by atoms with Gasteiger partial charge in [-0.15, -0.1) is 0 Å². The van der Waals surface area contributed by atoms with Crippen LogP contribution in [0.3, 0.4) is 0 Å². The third-order valence-corrected chi connectivity index (χ3v) is 5.50. The van der Waals surface area contributed by atoms with Gasteiger partial charge in [0.05, 0.1) is 24.1 Å². The summed E-state index contributed by atoms with van der Waals surface area (Å²) >= 11 is 0. The number of alkyl halides is 1. The number of hydrogen-bond donors (Lipinski definition) is 0. The summed E-state index contributed by atoms with van der Waals surface area (Å²) < 4.78 is 25.3. The van der Waals surface area contributed by atoms with Crippen molar-refractivity contribution in [2.24, 2.45) is 5.92 Å². The zero-order valence-electron chi connectivity index (χ0n) is 14.9. The number of amides is 1. The maximum Gasteiger partial charge on any atom is 0.289 e. The van der Waals surface area contributed by atoms with Crippen LogP contribution < -0.4 is 4.74 Å². The molecule has 2 aliphatic heterocycles. The summed E-state index contributed by atoms with van der Waals surface area (Å²) in [6, 6.07) is 6.86. The SMILES string of the molecule is CCOc1cccc(C2C3=C(OC4CCC(F)CC4C3=O)C(=O)N2C)c1. The monoisotopic (exact) mass is 359 g/mol. The van der Waals surface area contributed by atoms with Crippen LogP contribution in [0, 0.1) is 5.92 Å². The molecule has 6 heteroatoms. The quantitative estimate of drug-likeness (QED) is 0.833. The van der Waals surface area contributed by atoms with Gasteiger partial charge in [0.1, 0.15) is 18.0 Å². The van der Waals surface area contributed by atoms with Gasteiger partial charge in [0.2, 0.25) is 0 Å². The molecule has 1 fully saturated rings. The van der Waals surface area contributed by atoms with Gasteiger partial charge in [-0.05, 0) is 43.9 Å². The first-order chi connectivity index (χ1) is 12.5. The Hall–Kier alpha value is -2.37. The van der Waals surface area contributed by atoms with E-state index in [0.717, 1.165) is 5.56 Å². The first kappa shape index (κ1) is 17.1. The van der Waals surface area contributed by atoms with E-state index in [9.17, 15) is 14.0 Å². The molecule has 1 amide bonds. The summed E-state index contributed by atoms with van der Waals surface area (Å²) in [6.07, 6.45) is -0.361. The number of likely N-dealkylation sites (N-methyl/N-ethyl adjacent to an activating group) is 1. The molecule has 4 atom stereocenters. The second kappa shape index (κ2) is 6.41. The maximum absolute atomic E-state index is 13.9. The van der Waals surface area contributed by atoms with Crippen LogP contribution in [0.15, 0.2) is 35.6 Å². The van der Waals surface area contributed by atoms with Gasteiger partial charge in [0.25, 0.3) is 5.91 Å². The standard InChI is InChI=1S/C20H22FNO4/c1-3-25-13-6-4-5-11(9-13)17-16-18(23)14-10-12(21)7-8-15(14)26-19(16)20(24)22(17)2/h4-6,9,12,14-15,17H,3,7-8,10H2,1-2H3. The van der Waals surface area contributed by atoms with Crippen LogP contribution in [0.2, 0.25) is 0 Å². The highest BCUT2D eigenvalue weighted by atomic mass is 19.1. The number of carbonyl (C=O) groups excluding carboxylic acids is 2. The van der Waals surface area contributed by atoms with Gasteiger partial charge < -0.3 is 14.4 Å². The fourth-order valence-electron chi connectivity index (χ4n) is 4.26. The molecule has 0 saturated heterocycles. The Morgan fingerprint density at radius 1 is 1.31 bits per heavy atom. The van der Waals surface area contributed by atoms with Gasteiger partial charge in [-0.25, -0.2) is 4.39 Å². The first-order valence-electron chi connectivity index (χ1n) is 9.10. The molecule has 5 nitrogen and oxygen atoms in total. The molecule has 26 heavy (non-hydrogen) atoms. The van der Waals surface area contributed by atoms with Crippen molar-refractivity contribution in [2.45, 2.75) is 44.5 Å². The molecule has 138 valence electrons. The summed E-state index contributed by atoms with van der Waals surface area (Å²) in [7, 11) is 1.66. The van der Waals surface area contributed by atoms with Gasteiger partial charge in [0.15, 0.2) is 11.5 Å². The Balaban J connectivity index is 1.74. The van der Waals surface area contributed by atoms with Gasteiger partial charge in [0, 0.05) is 7.05 Å². The number of benzene rings is 1. The van der Waals surface area contributed by atoms with Crippen molar-refractivity contribution >= 4 is 11.7 Å². The van der Waals surface area contributed by atoms with E-state index in [-0.39, 0.29) is 30.0 Å². The van der Waals surface area contributed by atoms with E-state index in [1.807, 2.05) is 31.2 Å².